The van der Waals surface area contributed by atoms with Gasteiger partial charge >= 0.3 is 6.09 Å². The largest absolute Gasteiger partial charge is 0.449 e. The number of carbonyl (C=O) groups is 1. The predicted octanol–water partition coefficient (Wildman–Crippen LogP) is 3.09. The first-order valence-corrected chi connectivity index (χ1v) is 7.00. The highest BCUT2D eigenvalue weighted by atomic mass is 16.6. The van der Waals surface area contributed by atoms with Crippen molar-refractivity contribution in [1.82, 2.24) is 5.32 Å². The summed E-state index contributed by atoms with van der Waals surface area (Å²) in [5.41, 5.74) is 2.15. The van der Waals surface area contributed by atoms with Gasteiger partial charge in [-0.1, -0.05) is 19.1 Å². The van der Waals surface area contributed by atoms with E-state index >= 15 is 0 Å². The number of hydrogen-bond donors (Lipinski definition) is 1. The molecule has 1 aliphatic heterocycles. The van der Waals surface area contributed by atoms with E-state index in [-0.39, 0.29) is 6.09 Å². The normalized spacial score (nSPS) is 17.2. The van der Waals surface area contributed by atoms with Crippen LogP contribution in [0.4, 0.5) is 10.5 Å². The van der Waals surface area contributed by atoms with Gasteiger partial charge in [-0.2, -0.15) is 0 Å². The smallest absolute Gasteiger partial charge is 0.414 e. The van der Waals surface area contributed by atoms with Gasteiger partial charge in [-0.3, -0.25) is 4.90 Å². The standard InChI is InChI=1S/C15H22N2O2/c1-3-9-16-12(2)13-5-7-14(8-6-13)17-10-4-11-19-15(17)18/h5-8,12,16H,3-4,9-11H2,1-2H3. The summed E-state index contributed by atoms with van der Waals surface area (Å²) in [6.07, 6.45) is 1.78. The first-order valence-electron chi connectivity index (χ1n) is 7.00. The zero-order valence-corrected chi connectivity index (χ0v) is 11.7. The van der Waals surface area contributed by atoms with Crippen LogP contribution in [0.5, 0.6) is 0 Å². The molecule has 4 nitrogen and oxygen atoms in total. The summed E-state index contributed by atoms with van der Waals surface area (Å²) in [4.78, 5) is 13.3. The Hall–Kier alpha value is -1.55. The van der Waals surface area contributed by atoms with Crippen LogP contribution in [0.1, 0.15) is 38.3 Å². The Morgan fingerprint density at radius 2 is 2.11 bits per heavy atom. The fourth-order valence-corrected chi connectivity index (χ4v) is 2.21. The van der Waals surface area contributed by atoms with Gasteiger partial charge in [0.05, 0.1) is 6.61 Å². The van der Waals surface area contributed by atoms with E-state index in [4.69, 9.17) is 4.74 Å². The van der Waals surface area contributed by atoms with Gasteiger partial charge in [0.2, 0.25) is 0 Å². The number of benzene rings is 1. The van der Waals surface area contributed by atoms with Gasteiger partial charge in [0, 0.05) is 18.3 Å². The SMILES string of the molecule is CCCNC(C)c1ccc(N2CCCOC2=O)cc1. The Kier molecular flexibility index (Phi) is 4.80. The van der Waals surface area contributed by atoms with Crippen LogP contribution in [0.25, 0.3) is 0 Å². The van der Waals surface area contributed by atoms with Gasteiger partial charge in [-0.05, 0) is 44.0 Å². The highest BCUT2D eigenvalue weighted by molar-refractivity contribution is 5.88. The maximum atomic E-state index is 11.6. The summed E-state index contributed by atoms with van der Waals surface area (Å²) in [5.74, 6) is 0. The van der Waals surface area contributed by atoms with Gasteiger partial charge in [-0.15, -0.1) is 0 Å². The second-order valence-electron chi connectivity index (χ2n) is 4.89. The van der Waals surface area contributed by atoms with E-state index in [0.29, 0.717) is 12.6 Å². The molecule has 1 N–H and O–H groups in total. The number of anilines is 1. The quantitative estimate of drug-likeness (QED) is 0.886. The van der Waals surface area contributed by atoms with Crippen LogP contribution in [0.3, 0.4) is 0 Å². The summed E-state index contributed by atoms with van der Waals surface area (Å²) in [7, 11) is 0. The average Bonchev–Trinajstić information content (AvgIpc) is 2.45. The molecule has 0 radical (unpaired) electrons. The van der Waals surface area contributed by atoms with Crippen LogP contribution in [0.2, 0.25) is 0 Å². The molecule has 0 bridgehead atoms. The van der Waals surface area contributed by atoms with E-state index in [2.05, 4.69) is 31.3 Å². The summed E-state index contributed by atoms with van der Waals surface area (Å²) in [5, 5.41) is 3.45. The number of hydrogen-bond acceptors (Lipinski definition) is 3. The van der Waals surface area contributed by atoms with Gasteiger partial charge in [0.1, 0.15) is 0 Å². The Balaban J connectivity index is 2.03. The fraction of sp³-hybridized carbons (Fsp3) is 0.533. The van der Waals surface area contributed by atoms with Gasteiger partial charge < -0.3 is 10.1 Å². The van der Waals surface area contributed by atoms with Crippen LogP contribution in [0.15, 0.2) is 24.3 Å². The number of ether oxygens (including phenoxy) is 1. The molecule has 1 saturated heterocycles. The Morgan fingerprint density at radius 3 is 2.74 bits per heavy atom. The average molecular weight is 262 g/mol. The number of rotatable bonds is 5. The van der Waals surface area contributed by atoms with Crippen molar-refractivity contribution >= 4 is 11.8 Å². The minimum Gasteiger partial charge on any atom is -0.449 e. The van der Waals surface area contributed by atoms with E-state index in [9.17, 15) is 4.79 Å². The second kappa shape index (κ2) is 6.57. The minimum atomic E-state index is -0.240. The monoisotopic (exact) mass is 262 g/mol. The molecule has 1 aromatic carbocycles. The van der Waals surface area contributed by atoms with Crippen LogP contribution in [-0.4, -0.2) is 25.8 Å². The molecule has 2 rings (SSSR count). The van der Waals surface area contributed by atoms with Gasteiger partial charge in [0.25, 0.3) is 0 Å². The molecule has 1 amide bonds. The number of nitrogens with one attached hydrogen (secondary N) is 1. The lowest BCUT2D eigenvalue weighted by molar-refractivity contribution is 0.140. The lowest BCUT2D eigenvalue weighted by Crippen LogP contribution is -2.37. The molecule has 1 aromatic rings. The maximum Gasteiger partial charge on any atom is 0.414 e. The number of nitrogens with zero attached hydrogens (tertiary/aromatic N) is 1. The summed E-state index contributed by atoms with van der Waals surface area (Å²) in [6, 6.07) is 8.47. The van der Waals surface area contributed by atoms with E-state index < -0.39 is 0 Å². The highest BCUT2D eigenvalue weighted by Gasteiger charge is 2.21. The maximum absolute atomic E-state index is 11.6. The molecule has 19 heavy (non-hydrogen) atoms. The third kappa shape index (κ3) is 3.47. The highest BCUT2D eigenvalue weighted by Crippen LogP contribution is 2.21. The topological polar surface area (TPSA) is 41.6 Å². The zero-order chi connectivity index (χ0) is 13.7. The first-order chi connectivity index (χ1) is 9.22. The third-order valence-electron chi connectivity index (χ3n) is 3.38. The summed E-state index contributed by atoms with van der Waals surface area (Å²) < 4.78 is 5.05. The van der Waals surface area contributed by atoms with E-state index in [1.165, 1.54) is 5.56 Å². The van der Waals surface area contributed by atoms with Crippen molar-refractivity contribution in [2.75, 3.05) is 24.6 Å². The van der Waals surface area contributed by atoms with Crippen LogP contribution >= 0.6 is 0 Å². The lowest BCUT2D eigenvalue weighted by atomic mass is 10.1. The molecule has 1 fully saturated rings. The first kappa shape index (κ1) is 13.9. The van der Waals surface area contributed by atoms with Gasteiger partial charge in [0.15, 0.2) is 0 Å². The molecule has 104 valence electrons. The molecule has 0 aromatic heterocycles. The summed E-state index contributed by atoms with van der Waals surface area (Å²) >= 11 is 0. The molecule has 0 spiro atoms. The number of carbonyl (C=O) groups excluding carboxylic acids is 1. The predicted molar refractivity (Wildman–Crippen MR) is 76.5 cm³/mol. The molecule has 4 heteroatoms. The molecule has 0 aliphatic carbocycles. The van der Waals surface area contributed by atoms with Crippen LogP contribution in [-0.2, 0) is 4.74 Å². The van der Waals surface area contributed by atoms with Crippen molar-refractivity contribution in [2.24, 2.45) is 0 Å². The van der Waals surface area contributed by atoms with Crippen molar-refractivity contribution in [1.29, 1.82) is 0 Å². The number of amides is 1. The van der Waals surface area contributed by atoms with Crippen LogP contribution in [0, 0.1) is 0 Å². The second-order valence-corrected chi connectivity index (χ2v) is 4.89. The van der Waals surface area contributed by atoms with Gasteiger partial charge in [-0.25, -0.2) is 4.79 Å². The zero-order valence-electron chi connectivity index (χ0n) is 11.7. The van der Waals surface area contributed by atoms with E-state index in [0.717, 1.165) is 31.6 Å². The molecular weight excluding hydrogens is 240 g/mol. The lowest BCUT2D eigenvalue weighted by Gasteiger charge is -2.26. The van der Waals surface area contributed by atoms with Crippen molar-refractivity contribution in [3.8, 4) is 0 Å². The van der Waals surface area contributed by atoms with E-state index in [1.807, 2.05) is 12.1 Å². The molecule has 1 atom stereocenters. The molecular formula is C15H22N2O2. The molecule has 1 aliphatic rings. The Morgan fingerprint density at radius 1 is 1.37 bits per heavy atom. The van der Waals surface area contributed by atoms with Crippen molar-refractivity contribution < 1.29 is 9.53 Å². The Labute approximate surface area is 114 Å². The van der Waals surface area contributed by atoms with Crippen molar-refractivity contribution in [3.05, 3.63) is 29.8 Å². The minimum absolute atomic E-state index is 0.240. The van der Waals surface area contributed by atoms with Crippen LogP contribution < -0.4 is 10.2 Å². The molecule has 0 saturated carbocycles. The summed E-state index contributed by atoms with van der Waals surface area (Å²) in [6.45, 7) is 6.60. The number of cyclic esters (lactones) is 1. The van der Waals surface area contributed by atoms with Crippen molar-refractivity contribution in [2.45, 2.75) is 32.7 Å². The van der Waals surface area contributed by atoms with Crippen molar-refractivity contribution in [3.63, 3.8) is 0 Å². The van der Waals surface area contributed by atoms with E-state index in [1.54, 1.807) is 4.90 Å². The molecule has 1 unspecified atom stereocenters. The molecule has 1 heterocycles. The Bertz CT molecular complexity index is 417. The fourth-order valence-electron chi connectivity index (χ4n) is 2.21. The third-order valence-corrected chi connectivity index (χ3v) is 3.38.